The van der Waals surface area contributed by atoms with Gasteiger partial charge in [0.25, 0.3) is 0 Å². The van der Waals surface area contributed by atoms with E-state index in [0.717, 1.165) is 22.3 Å². The number of benzene rings is 2. The smallest absolute Gasteiger partial charge is 0.408 e. The van der Waals surface area contributed by atoms with Crippen molar-refractivity contribution in [1.82, 2.24) is 5.32 Å². The van der Waals surface area contributed by atoms with Crippen LogP contribution in [0.15, 0.2) is 61.2 Å². The number of ether oxygens (including phenoxy) is 2. The van der Waals surface area contributed by atoms with Crippen molar-refractivity contribution in [2.75, 3.05) is 13.2 Å². The number of carbonyl (C=O) groups is 2. The van der Waals surface area contributed by atoms with Gasteiger partial charge in [0.2, 0.25) is 0 Å². The molecule has 6 nitrogen and oxygen atoms in total. The summed E-state index contributed by atoms with van der Waals surface area (Å²) in [5.74, 6) is -0.861. The van der Waals surface area contributed by atoms with Gasteiger partial charge < -0.3 is 19.9 Å². The fraction of sp³-hybridized carbons (Fsp3) is 0.304. The van der Waals surface area contributed by atoms with Crippen molar-refractivity contribution in [2.24, 2.45) is 0 Å². The number of nitrogens with one attached hydrogen (secondary N) is 1. The van der Waals surface area contributed by atoms with Crippen molar-refractivity contribution >= 4 is 12.1 Å². The molecule has 0 aromatic heterocycles. The zero-order valence-electron chi connectivity index (χ0n) is 16.6. The number of esters is 1. The fourth-order valence-corrected chi connectivity index (χ4v) is 3.46. The highest BCUT2D eigenvalue weighted by atomic mass is 16.6. The van der Waals surface area contributed by atoms with E-state index in [1.54, 1.807) is 0 Å². The lowest BCUT2D eigenvalue weighted by Crippen LogP contribution is -2.59. The average Bonchev–Trinajstić information content (AvgIpc) is 3.04. The molecule has 0 fully saturated rings. The van der Waals surface area contributed by atoms with Gasteiger partial charge in [0.1, 0.15) is 13.2 Å². The standard InChI is InChI=1S/C23H25NO5/c1-4-13-28-21(26)23(3,15(2)25)24-22(27)29-14-20-18-11-7-5-9-16(18)17-10-6-8-12-19(17)20/h4-12,15,20,25H,1,13-14H2,2-3H3,(H,24,27)/t15-,23-/m0/s1. The Labute approximate surface area is 170 Å². The van der Waals surface area contributed by atoms with Crippen LogP contribution >= 0.6 is 0 Å². The van der Waals surface area contributed by atoms with Crippen molar-refractivity contribution in [3.8, 4) is 11.1 Å². The van der Waals surface area contributed by atoms with Gasteiger partial charge in [-0.2, -0.15) is 0 Å². The summed E-state index contributed by atoms with van der Waals surface area (Å²) in [5, 5.41) is 12.5. The SMILES string of the molecule is C=CCOC(=O)[C@@](C)(NC(=O)OCC1c2ccccc2-c2ccccc21)[C@H](C)O. The minimum Gasteiger partial charge on any atom is -0.460 e. The average molecular weight is 395 g/mol. The number of aliphatic hydroxyl groups is 1. The highest BCUT2D eigenvalue weighted by Gasteiger charge is 2.42. The van der Waals surface area contributed by atoms with Gasteiger partial charge in [-0.05, 0) is 36.1 Å². The first-order valence-corrected chi connectivity index (χ1v) is 9.47. The van der Waals surface area contributed by atoms with Crippen LogP contribution in [0, 0.1) is 0 Å². The molecule has 152 valence electrons. The van der Waals surface area contributed by atoms with Crippen molar-refractivity contribution in [3.05, 3.63) is 72.3 Å². The summed E-state index contributed by atoms with van der Waals surface area (Å²) < 4.78 is 10.5. The molecule has 0 bridgehead atoms. The minimum atomic E-state index is -1.63. The molecule has 2 aromatic carbocycles. The fourth-order valence-electron chi connectivity index (χ4n) is 3.46. The number of carbonyl (C=O) groups excluding carboxylic acids is 2. The van der Waals surface area contributed by atoms with Crippen LogP contribution < -0.4 is 5.32 Å². The third kappa shape index (κ3) is 4.03. The van der Waals surface area contributed by atoms with Crippen LogP contribution in [0.1, 0.15) is 30.9 Å². The Balaban J connectivity index is 1.72. The van der Waals surface area contributed by atoms with E-state index in [4.69, 9.17) is 9.47 Å². The maximum absolute atomic E-state index is 12.4. The first-order valence-electron chi connectivity index (χ1n) is 9.47. The second-order valence-corrected chi connectivity index (χ2v) is 7.22. The second kappa shape index (κ2) is 8.49. The van der Waals surface area contributed by atoms with Crippen LogP contribution in [0.3, 0.4) is 0 Å². The maximum Gasteiger partial charge on any atom is 0.408 e. The number of fused-ring (bicyclic) bond motifs is 3. The number of hydrogen-bond acceptors (Lipinski definition) is 5. The largest absolute Gasteiger partial charge is 0.460 e. The number of rotatable bonds is 7. The number of hydrogen-bond donors (Lipinski definition) is 2. The topological polar surface area (TPSA) is 84.9 Å². The molecule has 0 aliphatic heterocycles. The number of aliphatic hydroxyl groups excluding tert-OH is 1. The molecule has 0 saturated carbocycles. The maximum atomic E-state index is 12.4. The van der Waals surface area contributed by atoms with Gasteiger partial charge in [-0.15, -0.1) is 0 Å². The number of alkyl carbamates (subject to hydrolysis) is 1. The Morgan fingerprint density at radius 3 is 2.21 bits per heavy atom. The summed E-state index contributed by atoms with van der Waals surface area (Å²) >= 11 is 0. The van der Waals surface area contributed by atoms with Crippen molar-refractivity contribution < 1.29 is 24.2 Å². The summed E-state index contributed by atoms with van der Waals surface area (Å²) in [6.45, 7) is 6.36. The monoisotopic (exact) mass is 395 g/mol. The third-order valence-electron chi connectivity index (χ3n) is 5.30. The molecule has 1 aliphatic carbocycles. The van der Waals surface area contributed by atoms with Crippen molar-refractivity contribution in [1.29, 1.82) is 0 Å². The summed E-state index contributed by atoms with van der Waals surface area (Å²) in [6, 6.07) is 16.0. The lowest BCUT2D eigenvalue weighted by atomic mass is 9.96. The van der Waals surface area contributed by atoms with E-state index in [1.165, 1.54) is 19.9 Å². The van der Waals surface area contributed by atoms with Gasteiger partial charge >= 0.3 is 12.1 Å². The van der Waals surface area contributed by atoms with Gasteiger partial charge in [0, 0.05) is 5.92 Å². The highest BCUT2D eigenvalue weighted by Crippen LogP contribution is 2.44. The molecular formula is C23H25NO5. The van der Waals surface area contributed by atoms with E-state index in [9.17, 15) is 14.7 Å². The highest BCUT2D eigenvalue weighted by molar-refractivity contribution is 5.86. The Bertz CT molecular complexity index is 877. The molecule has 1 amide bonds. The molecule has 6 heteroatoms. The second-order valence-electron chi connectivity index (χ2n) is 7.22. The summed E-state index contributed by atoms with van der Waals surface area (Å²) in [6.07, 6.45) is -0.570. The van der Waals surface area contributed by atoms with E-state index < -0.39 is 23.7 Å². The van der Waals surface area contributed by atoms with Crippen LogP contribution in [0.25, 0.3) is 11.1 Å². The molecule has 0 radical (unpaired) electrons. The first-order chi connectivity index (χ1) is 13.9. The normalized spacial score (nSPS) is 15.4. The van der Waals surface area contributed by atoms with Gasteiger partial charge in [-0.1, -0.05) is 61.2 Å². The summed E-state index contributed by atoms with van der Waals surface area (Å²) in [5.41, 5.74) is 2.79. The Hall–Kier alpha value is -3.12. The number of amides is 1. The van der Waals surface area contributed by atoms with Crippen LogP contribution in [0.4, 0.5) is 4.79 Å². The molecule has 2 N–H and O–H groups in total. The first kappa shape index (κ1) is 20.6. The van der Waals surface area contributed by atoms with Gasteiger partial charge in [0.15, 0.2) is 5.54 Å². The van der Waals surface area contributed by atoms with Crippen LogP contribution in [-0.2, 0) is 14.3 Å². The summed E-state index contributed by atoms with van der Waals surface area (Å²) in [4.78, 5) is 24.7. The Kier molecular flexibility index (Phi) is 6.03. The molecule has 0 unspecified atom stereocenters. The quantitative estimate of drug-likeness (QED) is 0.554. The molecule has 3 rings (SSSR count). The molecule has 0 heterocycles. The Morgan fingerprint density at radius 2 is 1.69 bits per heavy atom. The van der Waals surface area contributed by atoms with E-state index >= 15 is 0 Å². The van der Waals surface area contributed by atoms with E-state index in [-0.39, 0.29) is 19.1 Å². The van der Waals surface area contributed by atoms with Crippen LogP contribution in [-0.4, -0.2) is 42.0 Å². The lowest BCUT2D eigenvalue weighted by Gasteiger charge is -2.30. The predicted octanol–water partition coefficient (Wildman–Crippen LogP) is 3.39. The molecule has 1 aliphatic rings. The van der Waals surface area contributed by atoms with Crippen LogP contribution in [0.5, 0.6) is 0 Å². The molecule has 2 aromatic rings. The van der Waals surface area contributed by atoms with Gasteiger partial charge in [-0.3, -0.25) is 0 Å². The summed E-state index contributed by atoms with van der Waals surface area (Å²) in [7, 11) is 0. The minimum absolute atomic E-state index is 0.0203. The van der Waals surface area contributed by atoms with Crippen molar-refractivity contribution in [3.63, 3.8) is 0 Å². The molecular weight excluding hydrogens is 370 g/mol. The van der Waals surface area contributed by atoms with Gasteiger partial charge in [0.05, 0.1) is 6.10 Å². The lowest BCUT2D eigenvalue weighted by molar-refractivity contribution is -0.154. The predicted molar refractivity (Wildman–Crippen MR) is 109 cm³/mol. The molecule has 0 spiro atoms. The molecule has 2 atom stereocenters. The van der Waals surface area contributed by atoms with E-state index in [0.29, 0.717) is 0 Å². The zero-order valence-corrected chi connectivity index (χ0v) is 16.6. The Morgan fingerprint density at radius 1 is 1.14 bits per heavy atom. The van der Waals surface area contributed by atoms with E-state index in [2.05, 4.69) is 11.9 Å². The van der Waals surface area contributed by atoms with E-state index in [1.807, 2.05) is 48.5 Å². The molecule has 29 heavy (non-hydrogen) atoms. The third-order valence-corrected chi connectivity index (χ3v) is 5.30. The molecule has 0 saturated heterocycles. The van der Waals surface area contributed by atoms with Crippen LogP contribution in [0.2, 0.25) is 0 Å². The van der Waals surface area contributed by atoms with Crippen molar-refractivity contribution in [2.45, 2.75) is 31.4 Å². The zero-order chi connectivity index (χ0) is 21.0. The van der Waals surface area contributed by atoms with Gasteiger partial charge in [-0.25, -0.2) is 9.59 Å².